The lowest BCUT2D eigenvalue weighted by Gasteiger charge is -2.18. The fourth-order valence-corrected chi connectivity index (χ4v) is 1.93. The Morgan fingerprint density at radius 1 is 1.11 bits per heavy atom. The smallest absolute Gasteiger partial charge is 0.273 e. The molecule has 19 heavy (non-hydrogen) atoms. The van der Waals surface area contributed by atoms with Gasteiger partial charge in [-0.25, -0.2) is 0 Å². The molecule has 1 aliphatic heterocycles. The average molecular weight is 259 g/mol. The Morgan fingerprint density at radius 2 is 1.68 bits per heavy atom. The zero-order valence-corrected chi connectivity index (χ0v) is 12.2. The molecule has 0 spiro atoms. The van der Waals surface area contributed by atoms with Gasteiger partial charge in [0.05, 0.1) is 26.4 Å². The summed E-state index contributed by atoms with van der Waals surface area (Å²) in [5, 5.41) is 10.9. The van der Waals surface area contributed by atoms with E-state index >= 15 is 0 Å². The van der Waals surface area contributed by atoms with E-state index in [1.807, 2.05) is 17.9 Å². The standard InChI is InChI=1S/C15H22N4/c1-15(2,3)13-7-5-12(6-8-13)11-18-19(4)14-16-9-10-17-14/h5-8,11H,9-10H2,1-4H3,(H,16,17)/p+1. The van der Waals surface area contributed by atoms with E-state index < -0.39 is 0 Å². The van der Waals surface area contributed by atoms with Crippen LogP contribution in [0.25, 0.3) is 0 Å². The Labute approximate surface area is 115 Å². The normalized spacial score (nSPS) is 15.5. The zero-order valence-electron chi connectivity index (χ0n) is 12.2. The monoisotopic (exact) mass is 259 g/mol. The summed E-state index contributed by atoms with van der Waals surface area (Å²) in [7, 11) is 1.93. The molecule has 0 radical (unpaired) electrons. The molecule has 1 saturated heterocycles. The second-order valence-electron chi connectivity index (χ2n) is 5.84. The number of benzene rings is 1. The van der Waals surface area contributed by atoms with Crippen LogP contribution in [0.5, 0.6) is 0 Å². The topological polar surface area (TPSA) is 39.4 Å². The van der Waals surface area contributed by atoms with Gasteiger partial charge in [0.1, 0.15) is 0 Å². The van der Waals surface area contributed by atoms with Gasteiger partial charge in [0.25, 0.3) is 0 Å². The Hall–Kier alpha value is -1.84. The van der Waals surface area contributed by atoms with E-state index in [0.29, 0.717) is 0 Å². The molecule has 4 heteroatoms. The lowest BCUT2D eigenvalue weighted by atomic mass is 9.87. The maximum atomic E-state index is 4.41. The first kappa shape index (κ1) is 13.6. The van der Waals surface area contributed by atoms with E-state index in [2.05, 4.69) is 60.8 Å². The van der Waals surface area contributed by atoms with Gasteiger partial charge in [-0.2, -0.15) is 0 Å². The number of rotatable bonds is 2. The van der Waals surface area contributed by atoms with Crippen molar-refractivity contribution in [2.24, 2.45) is 5.10 Å². The van der Waals surface area contributed by atoms with Gasteiger partial charge in [0, 0.05) is 0 Å². The highest BCUT2D eigenvalue weighted by molar-refractivity contribution is 5.80. The van der Waals surface area contributed by atoms with Crippen LogP contribution in [-0.4, -0.2) is 37.0 Å². The molecule has 0 saturated carbocycles. The van der Waals surface area contributed by atoms with Crippen molar-refractivity contribution in [3.05, 3.63) is 35.4 Å². The van der Waals surface area contributed by atoms with Crippen LogP contribution < -0.4 is 10.6 Å². The summed E-state index contributed by atoms with van der Waals surface area (Å²) in [5.74, 6) is 0.961. The molecule has 1 heterocycles. The Balaban J connectivity index is 2.09. The van der Waals surface area contributed by atoms with E-state index in [-0.39, 0.29) is 5.41 Å². The average Bonchev–Trinajstić information content (AvgIpc) is 2.89. The molecular weight excluding hydrogens is 236 g/mol. The van der Waals surface area contributed by atoms with Gasteiger partial charge in [-0.3, -0.25) is 10.6 Å². The predicted molar refractivity (Wildman–Crippen MR) is 79.9 cm³/mol. The van der Waals surface area contributed by atoms with Crippen LogP contribution in [0.15, 0.2) is 29.4 Å². The fraction of sp³-hybridized carbons (Fsp3) is 0.467. The molecule has 1 fully saturated rings. The molecule has 0 atom stereocenters. The van der Waals surface area contributed by atoms with E-state index in [4.69, 9.17) is 0 Å². The van der Waals surface area contributed by atoms with Crippen LogP contribution in [0.4, 0.5) is 0 Å². The minimum atomic E-state index is 0.194. The van der Waals surface area contributed by atoms with E-state index in [9.17, 15) is 0 Å². The van der Waals surface area contributed by atoms with Crippen LogP contribution in [0.2, 0.25) is 0 Å². The number of hydrogen-bond donors (Lipinski definition) is 2. The van der Waals surface area contributed by atoms with Crippen LogP contribution in [0.3, 0.4) is 0 Å². The van der Waals surface area contributed by atoms with E-state index in [1.54, 1.807) is 0 Å². The first-order valence-corrected chi connectivity index (χ1v) is 6.70. The highest BCUT2D eigenvalue weighted by atomic mass is 15.4. The van der Waals surface area contributed by atoms with E-state index in [1.165, 1.54) is 5.56 Å². The van der Waals surface area contributed by atoms with Crippen LogP contribution in [0, 0.1) is 0 Å². The van der Waals surface area contributed by atoms with Crippen LogP contribution >= 0.6 is 0 Å². The SMILES string of the molecule is C[N+](N=Cc1ccc(C(C)(C)C)cc1)=C1NCCN1. The molecule has 2 rings (SSSR count). The summed E-state index contributed by atoms with van der Waals surface area (Å²) in [4.78, 5) is 0. The van der Waals surface area contributed by atoms with Crippen molar-refractivity contribution < 1.29 is 4.68 Å². The maximum absolute atomic E-state index is 4.41. The molecule has 4 nitrogen and oxygen atoms in total. The van der Waals surface area contributed by atoms with Gasteiger partial charge in [-0.05, 0) is 16.5 Å². The number of hydrazone groups is 1. The van der Waals surface area contributed by atoms with Crippen molar-refractivity contribution in [1.29, 1.82) is 0 Å². The summed E-state index contributed by atoms with van der Waals surface area (Å²) in [5.41, 5.74) is 2.64. The highest BCUT2D eigenvalue weighted by Crippen LogP contribution is 2.21. The van der Waals surface area contributed by atoms with Gasteiger partial charge in [-0.15, -0.1) is 9.79 Å². The van der Waals surface area contributed by atoms with Crippen molar-refractivity contribution in [2.45, 2.75) is 26.2 Å². The number of nitrogens with zero attached hydrogens (tertiary/aromatic N) is 2. The second-order valence-corrected chi connectivity index (χ2v) is 5.84. The third-order valence-electron chi connectivity index (χ3n) is 3.19. The maximum Gasteiger partial charge on any atom is 0.369 e. The Kier molecular flexibility index (Phi) is 3.88. The largest absolute Gasteiger partial charge is 0.369 e. The number of hydrogen-bond acceptors (Lipinski definition) is 1. The third-order valence-corrected chi connectivity index (χ3v) is 3.19. The van der Waals surface area contributed by atoms with Crippen molar-refractivity contribution >= 4 is 12.2 Å². The summed E-state index contributed by atoms with van der Waals surface area (Å²) < 4.78 is 1.82. The molecule has 1 aliphatic rings. The lowest BCUT2D eigenvalue weighted by Crippen LogP contribution is -2.31. The van der Waals surface area contributed by atoms with Crippen LogP contribution in [-0.2, 0) is 5.41 Å². The molecule has 0 bridgehead atoms. The highest BCUT2D eigenvalue weighted by Gasteiger charge is 2.15. The third kappa shape index (κ3) is 3.56. The first-order valence-electron chi connectivity index (χ1n) is 6.70. The number of guanidine groups is 1. The van der Waals surface area contributed by atoms with Gasteiger partial charge < -0.3 is 0 Å². The second kappa shape index (κ2) is 5.43. The minimum absolute atomic E-state index is 0.194. The fourth-order valence-electron chi connectivity index (χ4n) is 1.93. The molecule has 0 aromatic heterocycles. The van der Waals surface area contributed by atoms with Crippen molar-refractivity contribution in [3.63, 3.8) is 0 Å². The molecule has 2 N–H and O–H groups in total. The van der Waals surface area contributed by atoms with Gasteiger partial charge in [0.2, 0.25) is 0 Å². The molecule has 0 aliphatic carbocycles. The summed E-state index contributed by atoms with van der Waals surface area (Å²) >= 11 is 0. The summed E-state index contributed by atoms with van der Waals surface area (Å²) in [6.07, 6.45) is 1.88. The van der Waals surface area contributed by atoms with E-state index in [0.717, 1.165) is 24.6 Å². The quantitative estimate of drug-likeness (QED) is 0.480. The molecular formula is C15H23N4+. The van der Waals surface area contributed by atoms with Crippen molar-refractivity contribution in [3.8, 4) is 0 Å². The molecule has 1 aromatic rings. The summed E-state index contributed by atoms with van der Waals surface area (Å²) in [6, 6.07) is 8.55. The van der Waals surface area contributed by atoms with Crippen LogP contribution in [0.1, 0.15) is 31.9 Å². The van der Waals surface area contributed by atoms with Gasteiger partial charge in [0.15, 0.2) is 0 Å². The Bertz CT molecular complexity index is 484. The lowest BCUT2D eigenvalue weighted by molar-refractivity contribution is -0.505. The first-order chi connectivity index (χ1) is 8.97. The van der Waals surface area contributed by atoms with Gasteiger partial charge >= 0.3 is 5.96 Å². The molecule has 0 amide bonds. The number of nitrogens with one attached hydrogen (secondary N) is 2. The van der Waals surface area contributed by atoms with Crippen molar-refractivity contribution in [1.82, 2.24) is 10.6 Å². The minimum Gasteiger partial charge on any atom is -0.273 e. The summed E-state index contributed by atoms with van der Waals surface area (Å²) in [6.45, 7) is 8.57. The van der Waals surface area contributed by atoms with Gasteiger partial charge in [-0.1, -0.05) is 45.0 Å². The Morgan fingerprint density at radius 3 is 2.21 bits per heavy atom. The molecule has 0 unspecified atom stereocenters. The van der Waals surface area contributed by atoms with Crippen molar-refractivity contribution in [2.75, 3.05) is 20.1 Å². The molecule has 1 aromatic carbocycles. The molecule has 102 valence electrons. The zero-order chi connectivity index (χ0) is 13.9. The predicted octanol–water partition coefficient (Wildman–Crippen LogP) is 1.51.